The number of hydrogen-bond donors (Lipinski definition) is 0. The van der Waals surface area contributed by atoms with Crippen LogP contribution in [0.15, 0.2) is 36.4 Å². The van der Waals surface area contributed by atoms with E-state index in [2.05, 4.69) is 37.0 Å². The van der Waals surface area contributed by atoms with Crippen LogP contribution in [0.1, 0.15) is 18.1 Å². The first-order chi connectivity index (χ1) is 8.68. The van der Waals surface area contributed by atoms with E-state index in [0.717, 1.165) is 5.56 Å². The fourth-order valence-electron chi connectivity index (χ4n) is 1.83. The summed E-state index contributed by atoms with van der Waals surface area (Å²) in [4.78, 5) is 10.8. The maximum Gasteiger partial charge on any atom is 0.186 e. The Morgan fingerprint density at radius 2 is 1.89 bits per heavy atom. The van der Waals surface area contributed by atoms with Gasteiger partial charge in [-0.3, -0.25) is 4.79 Å². The van der Waals surface area contributed by atoms with Crippen LogP contribution in [0, 0.1) is 18.8 Å². The van der Waals surface area contributed by atoms with Crippen LogP contribution in [0.4, 0.5) is 0 Å². The Bertz CT molecular complexity index is 647. The van der Waals surface area contributed by atoms with Crippen LogP contribution in [0.3, 0.4) is 0 Å². The predicted octanol–water partition coefficient (Wildman–Crippen LogP) is 3.78. The zero-order valence-corrected chi connectivity index (χ0v) is 11.3. The van der Waals surface area contributed by atoms with Crippen LogP contribution < -0.4 is 0 Å². The molecule has 18 heavy (non-hydrogen) atoms. The van der Waals surface area contributed by atoms with Crippen molar-refractivity contribution in [3.05, 3.63) is 47.5 Å². The topological polar surface area (TPSA) is 17.1 Å². The van der Waals surface area contributed by atoms with E-state index in [0.29, 0.717) is 5.75 Å². The van der Waals surface area contributed by atoms with Crippen molar-refractivity contribution in [2.75, 3.05) is 5.75 Å². The Hall–Kier alpha value is -1.72. The minimum Gasteiger partial charge on any atom is -0.288 e. The molecule has 0 heterocycles. The first-order valence-corrected chi connectivity index (χ1v) is 6.77. The van der Waals surface area contributed by atoms with Crippen molar-refractivity contribution in [2.45, 2.75) is 13.8 Å². The number of carbonyl (C=O) groups is 1. The lowest BCUT2D eigenvalue weighted by Crippen LogP contribution is -1.85. The largest absolute Gasteiger partial charge is 0.288 e. The fourth-order valence-corrected chi connectivity index (χ4v) is 2.18. The third-order valence-corrected chi connectivity index (χ3v) is 3.41. The molecule has 0 saturated carbocycles. The molecule has 2 rings (SSSR count). The van der Waals surface area contributed by atoms with Gasteiger partial charge in [0, 0.05) is 12.5 Å². The maximum absolute atomic E-state index is 10.8. The zero-order chi connectivity index (χ0) is 13.0. The smallest absolute Gasteiger partial charge is 0.186 e. The van der Waals surface area contributed by atoms with Gasteiger partial charge in [0.1, 0.15) is 0 Å². The molecule has 0 aliphatic heterocycles. The molecule has 2 heteroatoms. The van der Waals surface area contributed by atoms with Gasteiger partial charge in [-0.1, -0.05) is 53.9 Å². The lowest BCUT2D eigenvalue weighted by Gasteiger charge is -2.03. The molecule has 2 aromatic carbocycles. The Morgan fingerprint density at radius 1 is 1.17 bits per heavy atom. The molecule has 0 saturated heterocycles. The highest BCUT2D eigenvalue weighted by Gasteiger charge is 2.00. The summed E-state index contributed by atoms with van der Waals surface area (Å²) in [6, 6.07) is 12.4. The van der Waals surface area contributed by atoms with Gasteiger partial charge in [0.25, 0.3) is 0 Å². The van der Waals surface area contributed by atoms with E-state index in [1.165, 1.54) is 28.1 Å². The van der Waals surface area contributed by atoms with Crippen LogP contribution in [0.2, 0.25) is 0 Å². The quantitative estimate of drug-likeness (QED) is 0.720. The third kappa shape index (κ3) is 2.94. The van der Waals surface area contributed by atoms with E-state index < -0.39 is 0 Å². The molecule has 0 N–H and O–H groups in total. The molecule has 90 valence electrons. The van der Waals surface area contributed by atoms with Gasteiger partial charge in [0.05, 0.1) is 5.75 Å². The molecule has 0 fully saturated rings. The monoisotopic (exact) mass is 254 g/mol. The van der Waals surface area contributed by atoms with Crippen LogP contribution >= 0.6 is 11.8 Å². The Labute approximate surface area is 112 Å². The minimum absolute atomic E-state index is 0.109. The van der Waals surface area contributed by atoms with Gasteiger partial charge in [-0.15, -0.1) is 0 Å². The van der Waals surface area contributed by atoms with E-state index in [-0.39, 0.29) is 5.12 Å². The first-order valence-electron chi connectivity index (χ1n) is 5.79. The second kappa shape index (κ2) is 5.75. The molecule has 0 unspecified atom stereocenters. The highest BCUT2D eigenvalue weighted by Crippen LogP contribution is 2.21. The summed E-state index contributed by atoms with van der Waals surface area (Å²) in [5.41, 5.74) is 2.29. The molecule has 1 nitrogen and oxygen atoms in total. The molecular formula is C16H14OS. The van der Waals surface area contributed by atoms with Gasteiger partial charge in [0.15, 0.2) is 5.12 Å². The van der Waals surface area contributed by atoms with Crippen molar-refractivity contribution in [1.82, 2.24) is 0 Å². The number of benzene rings is 2. The molecular weight excluding hydrogens is 240 g/mol. The molecule has 0 aromatic heterocycles. The Balaban J connectivity index is 2.34. The summed E-state index contributed by atoms with van der Waals surface area (Å²) in [5.74, 6) is 6.74. The average molecular weight is 254 g/mol. The van der Waals surface area contributed by atoms with Crippen molar-refractivity contribution in [3.8, 4) is 11.8 Å². The van der Waals surface area contributed by atoms with E-state index in [4.69, 9.17) is 0 Å². The highest BCUT2D eigenvalue weighted by atomic mass is 32.2. The standard InChI is InChI=1S/C16H14OS/c1-12-9-10-14(6-5-11-18-13(2)17)16-8-4-3-7-15(12)16/h3-4,7-10H,11H2,1-2H3. The summed E-state index contributed by atoms with van der Waals surface area (Å²) in [6.07, 6.45) is 0. The van der Waals surface area contributed by atoms with Crippen LogP contribution in [-0.2, 0) is 4.79 Å². The SMILES string of the molecule is CC(=O)SCC#Cc1ccc(C)c2ccccc12. The van der Waals surface area contributed by atoms with E-state index in [9.17, 15) is 4.79 Å². The van der Waals surface area contributed by atoms with Crippen LogP contribution in [0.5, 0.6) is 0 Å². The molecule has 0 radical (unpaired) electrons. The molecule has 0 spiro atoms. The van der Waals surface area contributed by atoms with Crippen LogP contribution in [-0.4, -0.2) is 10.9 Å². The van der Waals surface area contributed by atoms with Gasteiger partial charge >= 0.3 is 0 Å². The molecule has 2 aromatic rings. The summed E-state index contributed by atoms with van der Waals surface area (Å²) in [6.45, 7) is 3.67. The molecule has 0 bridgehead atoms. The average Bonchev–Trinajstić information content (AvgIpc) is 2.37. The van der Waals surface area contributed by atoms with E-state index in [1.807, 2.05) is 18.2 Å². The number of carbonyl (C=O) groups excluding carboxylic acids is 1. The van der Waals surface area contributed by atoms with Gasteiger partial charge in [-0.05, 0) is 29.3 Å². The summed E-state index contributed by atoms with van der Waals surface area (Å²) < 4.78 is 0. The fraction of sp³-hybridized carbons (Fsp3) is 0.188. The summed E-state index contributed by atoms with van der Waals surface area (Å²) in [7, 11) is 0. The normalized spacial score (nSPS) is 9.89. The van der Waals surface area contributed by atoms with Crippen LogP contribution in [0.25, 0.3) is 10.8 Å². The number of aryl methyl sites for hydroxylation is 1. The van der Waals surface area contributed by atoms with Gasteiger partial charge in [-0.2, -0.15) is 0 Å². The minimum atomic E-state index is 0.109. The summed E-state index contributed by atoms with van der Waals surface area (Å²) in [5, 5.41) is 2.53. The molecule has 0 aliphatic rings. The van der Waals surface area contributed by atoms with Crippen molar-refractivity contribution >= 4 is 27.6 Å². The lowest BCUT2D eigenvalue weighted by molar-refractivity contribution is -0.109. The number of fused-ring (bicyclic) bond motifs is 1. The Kier molecular flexibility index (Phi) is 4.07. The highest BCUT2D eigenvalue weighted by molar-refractivity contribution is 8.13. The summed E-state index contributed by atoms with van der Waals surface area (Å²) >= 11 is 1.25. The second-order valence-corrected chi connectivity index (χ2v) is 5.21. The van der Waals surface area contributed by atoms with Gasteiger partial charge < -0.3 is 0 Å². The number of thioether (sulfide) groups is 1. The second-order valence-electron chi connectivity index (χ2n) is 4.06. The predicted molar refractivity (Wildman–Crippen MR) is 78.7 cm³/mol. The number of hydrogen-bond acceptors (Lipinski definition) is 2. The zero-order valence-electron chi connectivity index (χ0n) is 10.5. The molecule has 0 amide bonds. The molecule has 0 aliphatic carbocycles. The maximum atomic E-state index is 10.8. The Morgan fingerprint density at radius 3 is 2.61 bits per heavy atom. The van der Waals surface area contributed by atoms with E-state index >= 15 is 0 Å². The first kappa shape index (κ1) is 12.7. The number of rotatable bonds is 1. The van der Waals surface area contributed by atoms with Gasteiger partial charge in [0.2, 0.25) is 0 Å². The van der Waals surface area contributed by atoms with Crippen molar-refractivity contribution in [3.63, 3.8) is 0 Å². The van der Waals surface area contributed by atoms with Crippen molar-refractivity contribution in [1.29, 1.82) is 0 Å². The third-order valence-electron chi connectivity index (χ3n) is 2.71. The van der Waals surface area contributed by atoms with Crippen molar-refractivity contribution < 1.29 is 4.79 Å². The van der Waals surface area contributed by atoms with Crippen molar-refractivity contribution in [2.24, 2.45) is 0 Å². The molecule has 0 atom stereocenters. The lowest BCUT2D eigenvalue weighted by atomic mass is 10.0. The van der Waals surface area contributed by atoms with Gasteiger partial charge in [-0.25, -0.2) is 0 Å². The van der Waals surface area contributed by atoms with E-state index in [1.54, 1.807) is 6.92 Å².